The van der Waals surface area contributed by atoms with Crippen molar-refractivity contribution in [3.63, 3.8) is 0 Å². The van der Waals surface area contributed by atoms with E-state index < -0.39 is 11.8 Å². The molecule has 1 aromatic heterocycles. The first-order valence-electron chi connectivity index (χ1n) is 11.2. The van der Waals surface area contributed by atoms with Crippen LogP contribution >= 0.6 is 35.2 Å². The van der Waals surface area contributed by atoms with Crippen LogP contribution in [0.4, 0.5) is 28.9 Å². The second-order valence-corrected chi connectivity index (χ2v) is 11.5. The maximum atomic E-state index is 12.9. The van der Waals surface area contributed by atoms with E-state index in [9.17, 15) is 22.7 Å². The monoisotopic (exact) mass is 559 g/mol. The molecule has 0 spiro atoms. The van der Waals surface area contributed by atoms with E-state index >= 15 is 0 Å². The van der Waals surface area contributed by atoms with Gasteiger partial charge >= 0.3 is 6.18 Å². The summed E-state index contributed by atoms with van der Waals surface area (Å²) in [6.07, 6.45) is -2.72. The number of rotatable bonds is 6. The van der Waals surface area contributed by atoms with Gasteiger partial charge in [0.15, 0.2) is 5.60 Å². The Morgan fingerprint density at radius 3 is 2.06 bits per heavy atom. The Labute approximate surface area is 222 Å². The van der Waals surface area contributed by atoms with Crippen LogP contribution in [0.25, 0.3) is 0 Å². The van der Waals surface area contributed by atoms with Gasteiger partial charge in [0, 0.05) is 50.9 Å². The molecule has 0 amide bonds. The Kier molecular flexibility index (Phi) is 9.99. The van der Waals surface area contributed by atoms with Crippen molar-refractivity contribution in [3.8, 4) is 0 Å². The minimum absolute atomic E-state index is 0.143. The predicted octanol–water partition coefficient (Wildman–Crippen LogP) is 6.89. The highest BCUT2D eigenvalue weighted by Crippen LogP contribution is 2.39. The highest BCUT2D eigenvalue weighted by Gasteiger charge is 2.51. The summed E-state index contributed by atoms with van der Waals surface area (Å²) in [7, 11) is 1.94. The van der Waals surface area contributed by atoms with Crippen molar-refractivity contribution in [1.29, 1.82) is 0 Å². The lowest BCUT2D eigenvalue weighted by atomic mass is 9.95. The summed E-state index contributed by atoms with van der Waals surface area (Å²) in [6, 6.07) is 16.6. The van der Waals surface area contributed by atoms with Crippen molar-refractivity contribution in [2.24, 2.45) is 0 Å². The lowest BCUT2D eigenvalue weighted by molar-refractivity contribution is -0.258. The SMILES string of the molecule is CC(O)(c1ccc(N2CCN(Sc3cccs3)CC2)cc1)C(F)(F)F.CSN(C)c1ccc(F)cc1. The lowest BCUT2D eigenvalue weighted by Crippen LogP contribution is -2.43. The quantitative estimate of drug-likeness (QED) is 0.262. The number of thiophene rings is 1. The summed E-state index contributed by atoms with van der Waals surface area (Å²) in [5, 5.41) is 11.8. The van der Waals surface area contributed by atoms with E-state index in [1.54, 1.807) is 59.5 Å². The average Bonchev–Trinajstić information content (AvgIpc) is 3.37. The molecule has 1 saturated heterocycles. The molecule has 1 atom stereocenters. The lowest BCUT2D eigenvalue weighted by Gasteiger charge is -2.35. The van der Waals surface area contributed by atoms with Crippen LogP contribution in [0.5, 0.6) is 0 Å². The first-order valence-corrected chi connectivity index (χ1v) is 14.0. The normalized spacial score (nSPS) is 16.2. The van der Waals surface area contributed by atoms with E-state index in [-0.39, 0.29) is 11.4 Å². The zero-order chi connectivity index (χ0) is 26.3. The third-order valence-corrected chi connectivity index (χ3v) is 8.64. The van der Waals surface area contributed by atoms with Gasteiger partial charge in [0.1, 0.15) is 5.82 Å². The standard InChI is InChI=1S/C17H19F3N2OS2.C8H10FNS/c1-16(23,17(18,19)20)13-4-6-14(7-5-13)21-8-10-22(11-9-21)25-15-3-2-12-24-15;1-10(11-2)8-5-3-7(9)4-6-8/h2-7,12,23H,8-11H2,1H3;3-6H,1-2H3. The van der Waals surface area contributed by atoms with Gasteiger partial charge in [0.05, 0.1) is 4.21 Å². The van der Waals surface area contributed by atoms with E-state index in [0.29, 0.717) is 0 Å². The van der Waals surface area contributed by atoms with Crippen LogP contribution < -0.4 is 9.21 Å². The van der Waals surface area contributed by atoms with E-state index in [1.807, 2.05) is 23.7 Å². The number of benzene rings is 2. The molecule has 1 fully saturated rings. The number of anilines is 2. The fourth-order valence-electron chi connectivity index (χ4n) is 3.40. The molecule has 0 radical (unpaired) electrons. The highest BCUT2D eigenvalue weighted by atomic mass is 32.2. The molecule has 0 aliphatic carbocycles. The van der Waals surface area contributed by atoms with Crippen LogP contribution in [0.1, 0.15) is 12.5 Å². The van der Waals surface area contributed by atoms with E-state index in [0.717, 1.165) is 44.5 Å². The zero-order valence-corrected chi connectivity index (χ0v) is 22.7. The number of halogens is 4. The molecule has 3 aromatic rings. The van der Waals surface area contributed by atoms with Gasteiger partial charge in [0.25, 0.3) is 0 Å². The van der Waals surface area contributed by atoms with Gasteiger partial charge in [-0.15, -0.1) is 11.3 Å². The molecule has 1 N–H and O–H groups in total. The van der Waals surface area contributed by atoms with Gasteiger partial charge in [-0.3, -0.25) is 0 Å². The number of nitrogens with zero attached hydrogens (tertiary/aromatic N) is 3. The van der Waals surface area contributed by atoms with Crippen LogP contribution in [-0.2, 0) is 5.60 Å². The average molecular weight is 560 g/mol. The fraction of sp³-hybridized carbons (Fsp3) is 0.360. The molecule has 36 heavy (non-hydrogen) atoms. The Hall–Kier alpha value is -1.92. The number of alkyl halides is 3. The maximum Gasteiger partial charge on any atom is 0.421 e. The molecule has 0 bridgehead atoms. The molecule has 2 aromatic carbocycles. The van der Waals surface area contributed by atoms with E-state index in [4.69, 9.17) is 0 Å². The Morgan fingerprint density at radius 1 is 0.944 bits per heavy atom. The van der Waals surface area contributed by atoms with Crippen molar-refractivity contribution in [1.82, 2.24) is 4.31 Å². The van der Waals surface area contributed by atoms with Crippen LogP contribution in [-0.4, -0.2) is 55.1 Å². The van der Waals surface area contributed by atoms with Crippen LogP contribution in [0.2, 0.25) is 0 Å². The minimum Gasteiger partial charge on any atom is -0.376 e. The van der Waals surface area contributed by atoms with Crippen LogP contribution in [0, 0.1) is 5.82 Å². The third kappa shape index (κ3) is 7.55. The summed E-state index contributed by atoms with van der Waals surface area (Å²) in [4.78, 5) is 2.15. The number of aliphatic hydroxyl groups is 1. The number of hydrogen-bond donors (Lipinski definition) is 1. The molecule has 1 unspecified atom stereocenters. The molecule has 1 aliphatic rings. The van der Waals surface area contributed by atoms with Crippen molar-refractivity contribution in [2.45, 2.75) is 22.9 Å². The minimum atomic E-state index is -4.70. The summed E-state index contributed by atoms with van der Waals surface area (Å²) in [6.45, 7) is 4.17. The second kappa shape index (κ2) is 12.6. The second-order valence-electron chi connectivity index (χ2n) is 8.21. The molecule has 11 heteroatoms. The molecule has 1 aliphatic heterocycles. The van der Waals surface area contributed by atoms with Gasteiger partial charge in [-0.1, -0.05) is 30.1 Å². The maximum absolute atomic E-state index is 12.9. The number of piperazine rings is 1. The van der Waals surface area contributed by atoms with Crippen molar-refractivity contribution < 1.29 is 22.7 Å². The molecule has 4 rings (SSSR count). The fourth-order valence-corrected chi connectivity index (χ4v) is 5.57. The molecule has 2 heterocycles. The molecule has 196 valence electrons. The molecule has 0 saturated carbocycles. The molecular formula is C25H29F4N3OS3. The van der Waals surface area contributed by atoms with Gasteiger partial charge in [-0.2, -0.15) is 13.2 Å². The van der Waals surface area contributed by atoms with Gasteiger partial charge in [-0.05, 0) is 72.3 Å². The summed E-state index contributed by atoms with van der Waals surface area (Å²) < 4.78 is 56.7. The summed E-state index contributed by atoms with van der Waals surface area (Å²) in [5.74, 6) is -0.191. The van der Waals surface area contributed by atoms with Gasteiger partial charge in [-0.25, -0.2) is 8.70 Å². The van der Waals surface area contributed by atoms with Crippen molar-refractivity contribution in [2.75, 3.05) is 48.7 Å². The van der Waals surface area contributed by atoms with E-state index in [1.165, 1.54) is 28.5 Å². The Balaban J connectivity index is 0.000000275. The first kappa shape index (κ1) is 28.6. The smallest absolute Gasteiger partial charge is 0.376 e. The Bertz CT molecular complexity index is 1050. The van der Waals surface area contributed by atoms with Crippen molar-refractivity contribution in [3.05, 3.63) is 77.4 Å². The third-order valence-electron chi connectivity index (χ3n) is 5.76. The van der Waals surface area contributed by atoms with Crippen LogP contribution in [0.3, 0.4) is 0 Å². The summed E-state index contributed by atoms with van der Waals surface area (Å²) >= 11 is 5.05. The van der Waals surface area contributed by atoms with Crippen LogP contribution in [0.15, 0.2) is 70.3 Å². The molecule has 4 nitrogen and oxygen atoms in total. The van der Waals surface area contributed by atoms with Crippen molar-refractivity contribution >= 4 is 46.6 Å². The van der Waals surface area contributed by atoms with E-state index in [2.05, 4.69) is 20.7 Å². The molecular weight excluding hydrogens is 530 g/mol. The largest absolute Gasteiger partial charge is 0.421 e. The van der Waals surface area contributed by atoms with Gasteiger partial charge < -0.3 is 14.3 Å². The zero-order valence-electron chi connectivity index (χ0n) is 20.2. The summed E-state index contributed by atoms with van der Waals surface area (Å²) in [5.41, 5.74) is -1.08. The predicted molar refractivity (Wildman–Crippen MR) is 144 cm³/mol. The Morgan fingerprint density at radius 2 is 1.56 bits per heavy atom. The highest BCUT2D eigenvalue weighted by molar-refractivity contribution is 8.00. The number of hydrogen-bond acceptors (Lipinski definition) is 7. The topological polar surface area (TPSA) is 30.0 Å². The first-order chi connectivity index (χ1) is 17.0. The van der Waals surface area contributed by atoms with Gasteiger partial charge in [0.2, 0.25) is 0 Å².